The van der Waals surface area contributed by atoms with Gasteiger partial charge in [-0.3, -0.25) is 9.59 Å². The van der Waals surface area contributed by atoms with Gasteiger partial charge in [0.2, 0.25) is 17.7 Å². The van der Waals surface area contributed by atoms with Crippen LogP contribution in [0.3, 0.4) is 0 Å². The Kier molecular flexibility index (Phi) is 5.60. The maximum atomic E-state index is 12.9. The first kappa shape index (κ1) is 18.0. The number of hydrogen-bond donors (Lipinski definition) is 0. The van der Waals surface area contributed by atoms with Gasteiger partial charge in [0, 0.05) is 39.5 Å². The molecule has 0 saturated carbocycles. The fourth-order valence-electron chi connectivity index (χ4n) is 2.93. The summed E-state index contributed by atoms with van der Waals surface area (Å²) in [5.41, 5.74) is 0.934. The van der Waals surface area contributed by atoms with Crippen LogP contribution in [0.4, 0.5) is 4.39 Å². The summed E-state index contributed by atoms with van der Waals surface area (Å²) < 4.78 is 17.8. The Bertz CT molecular complexity index is 767. The monoisotopic (exact) mass is 360 g/mol. The van der Waals surface area contributed by atoms with E-state index in [-0.39, 0.29) is 24.1 Å². The van der Waals surface area contributed by atoms with Crippen molar-refractivity contribution in [1.29, 1.82) is 0 Å². The number of aromatic nitrogens is 2. The molecule has 1 saturated heterocycles. The van der Waals surface area contributed by atoms with E-state index < -0.39 is 0 Å². The van der Waals surface area contributed by atoms with Gasteiger partial charge in [0.05, 0.1) is 6.42 Å². The number of carbonyl (C=O) groups is 2. The molecular weight excluding hydrogens is 339 g/mol. The lowest BCUT2D eigenvalue weighted by atomic mass is 10.1. The number of halogens is 1. The normalized spacial score (nSPS) is 14.5. The molecule has 138 valence electrons. The van der Waals surface area contributed by atoms with Crippen LogP contribution in [0.1, 0.15) is 23.7 Å². The lowest BCUT2D eigenvalue weighted by Crippen LogP contribution is -2.51. The van der Waals surface area contributed by atoms with Gasteiger partial charge in [0.1, 0.15) is 5.82 Å². The van der Waals surface area contributed by atoms with Crippen molar-refractivity contribution in [2.24, 2.45) is 0 Å². The Hall–Kier alpha value is -2.77. The van der Waals surface area contributed by atoms with Gasteiger partial charge in [0.25, 0.3) is 0 Å². The summed E-state index contributed by atoms with van der Waals surface area (Å²) in [7, 11) is 0. The number of piperazine rings is 1. The van der Waals surface area contributed by atoms with E-state index in [1.54, 1.807) is 28.9 Å². The molecule has 2 aromatic rings. The van der Waals surface area contributed by atoms with E-state index in [4.69, 9.17) is 4.52 Å². The largest absolute Gasteiger partial charge is 0.340 e. The molecule has 1 aliphatic rings. The van der Waals surface area contributed by atoms with Crippen molar-refractivity contribution < 1.29 is 18.5 Å². The molecule has 1 fully saturated rings. The number of aryl methyl sites for hydroxylation is 2. The molecule has 0 atom stereocenters. The van der Waals surface area contributed by atoms with Gasteiger partial charge in [-0.25, -0.2) is 4.39 Å². The van der Waals surface area contributed by atoms with Crippen LogP contribution in [-0.2, 0) is 22.4 Å². The highest BCUT2D eigenvalue weighted by atomic mass is 19.1. The molecule has 26 heavy (non-hydrogen) atoms. The molecule has 0 spiro atoms. The van der Waals surface area contributed by atoms with Crippen molar-refractivity contribution in [2.75, 3.05) is 26.2 Å². The van der Waals surface area contributed by atoms with Gasteiger partial charge in [0.15, 0.2) is 5.82 Å². The summed E-state index contributed by atoms with van der Waals surface area (Å²) in [6.07, 6.45) is 1.06. The predicted molar refractivity (Wildman–Crippen MR) is 90.6 cm³/mol. The van der Waals surface area contributed by atoms with Crippen LogP contribution in [0.15, 0.2) is 28.8 Å². The lowest BCUT2D eigenvalue weighted by molar-refractivity contribution is -0.139. The zero-order valence-corrected chi connectivity index (χ0v) is 14.7. The molecule has 0 aliphatic carbocycles. The second-order valence-electron chi connectivity index (χ2n) is 6.29. The molecule has 2 amide bonds. The van der Waals surface area contributed by atoms with E-state index in [2.05, 4.69) is 10.1 Å². The Labute approximate surface area is 150 Å². The molecule has 0 unspecified atom stereocenters. The van der Waals surface area contributed by atoms with Crippen LogP contribution in [-0.4, -0.2) is 57.9 Å². The molecule has 7 nitrogen and oxygen atoms in total. The predicted octanol–water partition coefficient (Wildman–Crippen LogP) is 1.36. The highest BCUT2D eigenvalue weighted by Gasteiger charge is 2.24. The molecule has 1 aromatic carbocycles. The summed E-state index contributed by atoms with van der Waals surface area (Å²) in [6, 6.07) is 6.18. The molecule has 1 aliphatic heterocycles. The van der Waals surface area contributed by atoms with Crippen molar-refractivity contribution in [2.45, 2.75) is 26.2 Å². The standard InChI is InChI=1S/C18H21FN4O3/c1-13-20-16(21-26-13)12-18(25)23-10-8-22(9-11-23)17(24)7-4-14-2-5-15(19)6-3-14/h2-3,5-6H,4,7-12H2,1H3. The van der Waals surface area contributed by atoms with E-state index in [9.17, 15) is 14.0 Å². The summed E-state index contributed by atoms with van der Waals surface area (Å²) in [6.45, 7) is 3.70. The van der Waals surface area contributed by atoms with Crippen molar-refractivity contribution in [3.63, 3.8) is 0 Å². The summed E-state index contributed by atoms with van der Waals surface area (Å²) in [5, 5.41) is 3.73. The van der Waals surface area contributed by atoms with Crippen molar-refractivity contribution in [1.82, 2.24) is 19.9 Å². The van der Waals surface area contributed by atoms with Gasteiger partial charge >= 0.3 is 0 Å². The highest BCUT2D eigenvalue weighted by molar-refractivity contribution is 5.79. The van der Waals surface area contributed by atoms with Crippen LogP contribution < -0.4 is 0 Å². The van der Waals surface area contributed by atoms with Crippen molar-refractivity contribution in [3.05, 3.63) is 47.4 Å². The average molecular weight is 360 g/mol. The third-order valence-corrected chi connectivity index (χ3v) is 4.40. The van der Waals surface area contributed by atoms with E-state index in [1.165, 1.54) is 12.1 Å². The smallest absolute Gasteiger partial charge is 0.230 e. The van der Waals surface area contributed by atoms with Gasteiger partial charge in [-0.2, -0.15) is 4.98 Å². The highest BCUT2D eigenvalue weighted by Crippen LogP contribution is 2.10. The minimum atomic E-state index is -0.281. The molecule has 3 rings (SSSR count). The fourth-order valence-corrected chi connectivity index (χ4v) is 2.93. The first-order valence-electron chi connectivity index (χ1n) is 8.60. The number of nitrogens with zero attached hydrogens (tertiary/aromatic N) is 4. The topological polar surface area (TPSA) is 79.5 Å². The molecule has 2 heterocycles. The van der Waals surface area contributed by atoms with E-state index >= 15 is 0 Å². The van der Waals surface area contributed by atoms with Crippen LogP contribution in [0.5, 0.6) is 0 Å². The minimum Gasteiger partial charge on any atom is -0.340 e. The minimum absolute atomic E-state index is 0.0511. The molecule has 0 bridgehead atoms. The van der Waals surface area contributed by atoms with Crippen LogP contribution in [0.25, 0.3) is 0 Å². The van der Waals surface area contributed by atoms with Crippen LogP contribution >= 0.6 is 0 Å². The molecule has 0 N–H and O–H groups in total. The third-order valence-electron chi connectivity index (χ3n) is 4.40. The summed E-state index contributed by atoms with van der Waals surface area (Å²) >= 11 is 0. The number of amides is 2. The third kappa shape index (κ3) is 4.65. The summed E-state index contributed by atoms with van der Waals surface area (Å²) in [5.74, 6) is 0.519. The summed E-state index contributed by atoms with van der Waals surface area (Å²) in [4.78, 5) is 32.1. The fraction of sp³-hybridized carbons (Fsp3) is 0.444. The zero-order chi connectivity index (χ0) is 18.5. The van der Waals surface area contributed by atoms with Crippen molar-refractivity contribution in [3.8, 4) is 0 Å². The molecule has 1 aromatic heterocycles. The second-order valence-corrected chi connectivity index (χ2v) is 6.29. The van der Waals surface area contributed by atoms with Gasteiger partial charge in [-0.15, -0.1) is 0 Å². The molecule has 0 radical (unpaired) electrons. The van der Waals surface area contributed by atoms with Crippen LogP contribution in [0, 0.1) is 12.7 Å². The number of carbonyl (C=O) groups excluding carboxylic acids is 2. The molecule has 8 heteroatoms. The number of hydrogen-bond acceptors (Lipinski definition) is 5. The van der Waals surface area contributed by atoms with Crippen molar-refractivity contribution >= 4 is 11.8 Å². The first-order valence-corrected chi connectivity index (χ1v) is 8.60. The maximum Gasteiger partial charge on any atom is 0.230 e. The Morgan fingerprint density at radius 2 is 1.69 bits per heavy atom. The van der Waals surface area contributed by atoms with Gasteiger partial charge < -0.3 is 14.3 Å². The second kappa shape index (κ2) is 8.07. The zero-order valence-electron chi connectivity index (χ0n) is 14.7. The lowest BCUT2D eigenvalue weighted by Gasteiger charge is -2.34. The molecular formula is C18H21FN4O3. The van der Waals surface area contributed by atoms with E-state index in [0.717, 1.165) is 5.56 Å². The Morgan fingerprint density at radius 1 is 1.08 bits per heavy atom. The average Bonchev–Trinajstić information content (AvgIpc) is 3.06. The van der Waals surface area contributed by atoms with E-state index in [0.29, 0.717) is 50.7 Å². The first-order chi connectivity index (χ1) is 12.5. The van der Waals surface area contributed by atoms with Gasteiger partial charge in [-0.1, -0.05) is 17.3 Å². The van der Waals surface area contributed by atoms with Crippen LogP contribution in [0.2, 0.25) is 0 Å². The SMILES string of the molecule is Cc1nc(CC(=O)N2CCN(C(=O)CCc3ccc(F)cc3)CC2)no1. The number of rotatable bonds is 5. The Balaban J connectivity index is 1.43. The van der Waals surface area contributed by atoms with Gasteiger partial charge in [-0.05, 0) is 24.1 Å². The maximum absolute atomic E-state index is 12.9. The quantitative estimate of drug-likeness (QED) is 0.804. The van der Waals surface area contributed by atoms with E-state index in [1.807, 2.05) is 0 Å². The number of benzene rings is 1. The Morgan fingerprint density at radius 3 is 2.27 bits per heavy atom.